The van der Waals surface area contributed by atoms with Gasteiger partial charge in [-0.3, -0.25) is 0 Å². The third kappa shape index (κ3) is 1480. The van der Waals surface area contributed by atoms with Crippen molar-refractivity contribution in [2.45, 2.75) is 0 Å². The Hall–Kier alpha value is 0.168. The molecule has 0 aromatic rings. The molecule has 0 bridgehead atoms. The average Bonchev–Trinajstić information content (AvgIpc) is 0.722. The molecular weight excluding hydrogens is 174 g/mol. The van der Waals surface area contributed by atoms with Crippen molar-refractivity contribution in [3.8, 4) is 0 Å². The van der Waals surface area contributed by atoms with Gasteiger partial charge in [-0.1, -0.05) is 0 Å². The first-order chi connectivity index (χ1) is 2.00. The fourth-order valence-corrected chi connectivity index (χ4v) is 0. The van der Waals surface area contributed by atoms with Crippen molar-refractivity contribution in [2.75, 3.05) is 0 Å². The summed E-state index contributed by atoms with van der Waals surface area (Å²) in [5.74, 6) is 0. The zero-order valence-electron chi connectivity index (χ0n) is 3.08. The number of rotatable bonds is 0. The molecular formula is H5MoNO4. The number of hydrogen-bond acceptors (Lipinski definition) is 3. The van der Waals surface area contributed by atoms with E-state index < -0.39 is 16.7 Å². The van der Waals surface area contributed by atoms with Crippen molar-refractivity contribution in [2.24, 2.45) is 0 Å². The van der Waals surface area contributed by atoms with Crippen LogP contribution in [0.4, 0.5) is 0 Å². The van der Waals surface area contributed by atoms with Crippen molar-refractivity contribution < 1.29 is 31.1 Å². The van der Waals surface area contributed by atoms with E-state index in [9.17, 15) is 0 Å². The Morgan fingerprint density at radius 2 is 1.50 bits per heavy atom. The van der Waals surface area contributed by atoms with E-state index in [1.807, 2.05) is 0 Å². The molecule has 0 rings (SSSR count). The molecule has 0 unspecified atom stereocenters. The van der Waals surface area contributed by atoms with Gasteiger partial charge in [-0.25, -0.2) is 0 Å². The Kier molecular flexibility index (Phi) is 3.73. The van der Waals surface area contributed by atoms with Crippen LogP contribution in [0.1, 0.15) is 0 Å². The van der Waals surface area contributed by atoms with Crippen LogP contribution in [0.5, 0.6) is 0 Å². The Balaban J connectivity index is 0. The van der Waals surface area contributed by atoms with E-state index in [1.54, 1.807) is 0 Å². The van der Waals surface area contributed by atoms with Crippen LogP contribution in [-0.4, -0.2) is 3.76 Å². The molecule has 0 heterocycles. The van der Waals surface area contributed by atoms with E-state index in [4.69, 9.17) is 14.3 Å². The van der Waals surface area contributed by atoms with Crippen LogP contribution in [0.15, 0.2) is 0 Å². The van der Waals surface area contributed by atoms with Gasteiger partial charge in [-0.05, 0) is 0 Å². The molecule has 0 aliphatic rings. The molecule has 0 amide bonds. The molecule has 5 N–H and O–H groups in total. The zero-order chi connectivity index (χ0) is 4.50. The SMILES string of the molecule is [NH4+].[O]=[Mo](=[O])([O-])[OH]. The molecule has 0 aromatic heterocycles. The number of quaternary nitrogens is 1. The maximum absolute atomic E-state index is 8.74. The molecule has 0 atom stereocenters. The molecule has 6 heteroatoms. The summed E-state index contributed by atoms with van der Waals surface area (Å²) in [6.45, 7) is 0. The Labute approximate surface area is 37.9 Å². The van der Waals surface area contributed by atoms with Crippen LogP contribution >= 0.6 is 0 Å². The summed E-state index contributed by atoms with van der Waals surface area (Å²) in [6.07, 6.45) is 0. The van der Waals surface area contributed by atoms with E-state index >= 15 is 0 Å². The number of hydrogen-bond donors (Lipinski definition) is 2. The van der Waals surface area contributed by atoms with E-state index in [0.29, 0.717) is 0 Å². The van der Waals surface area contributed by atoms with Crippen molar-refractivity contribution in [3.05, 3.63) is 0 Å². The standard InChI is InChI=1S/Mo.H3N.H2O.3O/h;1H3;1H2;;;/q+1;;;;;-1. The fourth-order valence-electron chi connectivity index (χ4n) is 0. The first-order valence-corrected chi connectivity index (χ1v) is 4.04. The Morgan fingerprint density at radius 3 is 1.50 bits per heavy atom. The molecule has 0 radical (unpaired) electrons. The summed E-state index contributed by atoms with van der Waals surface area (Å²) in [4.78, 5) is 0. The predicted molar refractivity (Wildman–Crippen MR) is 9.58 cm³/mol. The van der Waals surface area contributed by atoms with Gasteiger partial charge in [-0.15, -0.1) is 0 Å². The van der Waals surface area contributed by atoms with E-state index in [1.165, 1.54) is 0 Å². The topological polar surface area (TPSA) is 114 Å². The second-order valence-corrected chi connectivity index (χ2v) is 2.53. The normalized spacial score (nSPS) is 9.67. The molecule has 0 aliphatic heterocycles. The second kappa shape index (κ2) is 2.36. The van der Waals surface area contributed by atoms with E-state index in [-0.39, 0.29) is 6.15 Å². The summed E-state index contributed by atoms with van der Waals surface area (Å²) in [5.41, 5.74) is 0. The van der Waals surface area contributed by atoms with Crippen molar-refractivity contribution in [1.82, 2.24) is 6.15 Å². The average molecular weight is 179 g/mol. The van der Waals surface area contributed by atoms with Gasteiger partial charge >= 0.3 is 31.1 Å². The van der Waals surface area contributed by atoms with E-state index in [0.717, 1.165) is 0 Å². The first-order valence-electron chi connectivity index (χ1n) is 0.683. The van der Waals surface area contributed by atoms with Gasteiger partial charge in [0.15, 0.2) is 0 Å². The van der Waals surface area contributed by atoms with Crippen molar-refractivity contribution >= 4 is 0 Å². The summed E-state index contributed by atoms with van der Waals surface area (Å²) < 4.78 is 33.3. The third-order valence-electron chi connectivity index (χ3n) is 0. The third-order valence-corrected chi connectivity index (χ3v) is 0. The molecule has 0 saturated heterocycles. The quantitative estimate of drug-likeness (QED) is 0.435. The van der Waals surface area contributed by atoms with Crippen molar-refractivity contribution in [3.63, 3.8) is 0 Å². The van der Waals surface area contributed by atoms with Gasteiger partial charge in [0.25, 0.3) is 0 Å². The zero-order valence-corrected chi connectivity index (χ0v) is 5.09. The maximum atomic E-state index is 8.74. The van der Waals surface area contributed by atoms with Gasteiger partial charge in [0.2, 0.25) is 0 Å². The minimum atomic E-state index is -5.77. The Bertz CT molecular complexity index is 90.7. The monoisotopic (exact) mass is 181 g/mol. The molecule has 0 fully saturated rings. The fraction of sp³-hybridized carbons (Fsp3) is 0. The summed E-state index contributed by atoms with van der Waals surface area (Å²) in [6, 6.07) is 0. The van der Waals surface area contributed by atoms with Crippen LogP contribution in [0.2, 0.25) is 0 Å². The van der Waals surface area contributed by atoms with Gasteiger partial charge in [0, 0.05) is 0 Å². The van der Waals surface area contributed by atoms with Gasteiger partial charge in [0.05, 0.1) is 0 Å². The van der Waals surface area contributed by atoms with Crippen LogP contribution < -0.4 is 9.91 Å². The van der Waals surface area contributed by atoms with Crippen LogP contribution in [0, 0.1) is 0 Å². The molecule has 40 valence electrons. The molecule has 5 nitrogen and oxygen atoms in total. The van der Waals surface area contributed by atoms with Gasteiger partial charge in [0.1, 0.15) is 0 Å². The first kappa shape index (κ1) is 9.48. The van der Waals surface area contributed by atoms with Crippen molar-refractivity contribution in [1.29, 1.82) is 0 Å². The molecule has 0 spiro atoms. The Morgan fingerprint density at radius 1 is 1.50 bits per heavy atom. The summed E-state index contributed by atoms with van der Waals surface area (Å²) in [5, 5.41) is 0. The molecule has 0 saturated carbocycles. The van der Waals surface area contributed by atoms with Gasteiger partial charge in [-0.2, -0.15) is 0 Å². The second-order valence-electron chi connectivity index (χ2n) is 0.428. The van der Waals surface area contributed by atoms with Crippen LogP contribution in [0.3, 0.4) is 0 Å². The predicted octanol–water partition coefficient (Wildman–Crippen LogP) is -1.61. The van der Waals surface area contributed by atoms with E-state index in [2.05, 4.69) is 0 Å². The molecule has 0 aliphatic carbocycles. The van der Waals surface area contributed by atoms with Crippen LogP contribution in [-0.2, 0) is 23.5 Å². The molecule has 0 aromatic carbocycles. The van der Waals surface area contributed by atoms with Gasteiger partial charge < -0.3 is 6.15 Å². The summed E-state index contributed by atoms with van der Waals surface area (Å²) in [7, 11) is 0. The molecule has 6 heavy (non-hydrogen) atoms. The summed E-state index contributed by atoms with van der Waals surface area (Å²) >= 11 is -5.77. The van der Waals surface area contributed by atoms with Crippen LogP contribution in [0.25, 0.3) is 0 Å². The minimum absolute atomic E-state index is 0.